The number of aliphatic hydroxyl groups is 1. The van der Waals surface area contributed by atoms with Crippen molar-refractivity contribution in [2.45, 2.75) is 129 Å². The van der Waals surface area contributed by atoms with Gasteiger partial charge in [-0.15, -0.1) is 0 Å². The first kappa shape index (κ1) is 52.5. The molecular weight excluding hydrogens is 835 g/mol. The first-order chi connectivity index (χ1) is 30.2. The van der Waals surface area contributed by atoms with Gasteiger partial charge >= 0.3 is 5.97 Å². The van der Waals surface area contributed by atoms with Gasteiger partial charge in [0.2, 0.25) is 41.1 Å². The second kappa shape index (κ2) is 24.9. The monoisotopic (exact) mass is 899 g/mol. The summed E-state index contributed by atoms with van der Waals surface area (Å²) in [6.07, 6.45) is 9.34. The fourth-order valence-corrected chi connectivity index (χ4v) is 7.34. The van der Waals surface area contributed by atoms with E-state index in [9.17, 15) is 64.4 Å². The van der Waals surface area contributed by atoms with Crippen molar-refractivity contribution in [3.05, 3.63) is 46.7 Å². The predicted octanol–water partition coefficient (Wildman–Crippen LogP) is 1.30. The molecule has 6 atom stereocenters. The van der Waals surface area contributed by atoms with Crippen LogP contribution in [-0.2, 0) is 40.0 Å². The molecule has 0 fully saturated rings. The summed E-state index contributed by atoms with van der Waals surface area (Å²) in [7, 11) is 2.60. The SMILES string of the molecule is CC(C)CCCCCCCCCCC(=O)N(C)C(CO)C(=O)NC(C)C(=O)NCC(=O)N(C)C1C(=O)NC(C)C(=O)NC(C(=O)O)Cc2cc(c(O)c([NH+]([O-])O)c2)-c2cc1ccc2O. The number of carboxylic acid groups (broad SMARTS) is 1. The molecule has 354 valence electrons. The molecule has 20 heteroatoms. The maximum atomic E-state index is 13.9. The smallest absolute Gasteiger partial charge is 0.326 e. The molecule has 1 heterocycles. The van der Waals surface area contributed by atoms with Gasteiger partial charge < -0.3 is 56.7 Å². The fourth-order valence-electron chi connectivity index (χ4n) is 7.34. The Kier molecular flexibility index (Phi) is 20.4. The Morgan fingerprint density at radius 3 is 2.08 bits per heavy atom. The molecule has 3 rings (SSSR count). The molecule has 6 unspecified atom stereocenters. The van der Waals surface area contributed by atoms with Crippen molar-refractivity contribution in [2.24, 2.45) is 5.92 Å². The summed E-state index contributed by atoms with van der Waals surface area (Å²) in [5.41, 5.74) is -1.01. The number of aliphatic carboxylic acids is 1. The van der Waals surface area contributed by atoms with Crippen LogP contribution in [0.15, 0.2) is 30.3 Å². The summed E-state index contributed by atoms with van der Waals surface area (Å²) in [6, 6.07) is -1.24. The maximum absolute atomic E-state index is 13.9. The Hall–Kier alpha value is -5.83. The molecule has 0 aromatic heterocycles. The third-order valence-electron chi connectivity index (χ3n) is 11.3. The second-order valence-electron chi connectivity index (χ2n) is 16.8. The van der Waals surface area contributed by atoms with Crippen molar-refractivity contribution in [1.29, 1.82) is 0 Å². The van der Waals surface area contributed by atoms with Gasteiger partial charge in [-0.05, 0) is 55.5 Å². The van der Waals surface area contributed by atoms with E-state index in [0.29, 0.717) is 12.3 Å². The zero-order valence-corrected chi connectivity index (χ0v) is 37.4. The van der Waals surface area contributed by atoms with Crippen LogP contribution < -0.4 is 26.5 Å². The van der Waals surface area contributed by atoms with Gasteiger partial charge in [0.1, 0.15) is 36.0 Å². The van der Waals surface area contributed by atoms with Crippen molar-refractivity contribution in [1.82, 2.24) is 31.1 Å². The first-order valence-electron chi connectivity index (χ1n) is 21.6. The minimum atomic E-state index is -1.62. The van der Waals surface area contributed by atoms with Gasteiger partial charge in [0.05, 0.1) is 13.2 Å². The highest BCUT2D eigenvalue weighted by Crippen LogP contribution is 2.41. The summed E-state index contributed by atoms with van der Waals surface area (Å²) in [6.45, 7) is 5.61. The number of hydrogen-bond acceptors (Lipinski definition) is 12. The number of quaternary nitrogens is 1. The Balaban J connectivity index is 1.72. The van der Waals surface area contributed by atoms with Crippen LogP contribution in [0.1, 0.15) is 109 Å². The van der Waals surface area contributed by atoms with E-state index in [1.807, 2.05) is 0 Å². The maximum Gasteiger partial charge on any atom is 0.326 e. The molecule has 1 aliphatic rings. The van der Waals surface area contributed by atoms with Gasteiger partial charge in [0, 0.05) is 44.1 Å². The molecular formula is C44H65N7O13. The highest BCUT2D eigenvalue weighted by molar-refractivity contribution is 5.96. The number of hydrogen-bond donors (Lipinski definition) is 10. The number of fused-ring (bicyclic) bond motifs is 5. The lowest BCUT2D eigenvalue weighted by Crippen LogP contribution is -2.99. The summed E-state index contributed by atoms with van der Waals surface area (Å²) in [5.74, 6) is -6.76. The zero-order chi connectivity index (χ0) is 47.8. The average molecular weight is 900 g/mol. The minimum absolute atomic E-state index is 0.0134. The van der Waals surface area contributed by atoms with E-state index in [4.69, 9.17) is 0 Å². The average Bonchev–Trinajstić information content (AvgIpc) is 3.23. The molecule has 2 aromatic rings. The molecule has 0 radical (unpaired) electrons. The van der Waals surface area contributed by atoms with Crippen molar-refractivity contribution in [3.63, 3.8) is 0 Å². The standard InChI is InChI=1S/C44H65N7O13/c1-25(2)15-13-11-9-7-8-10-12-14-16-36(54)49(5)34(24-52)42(59)46-26(3)40(57)45-23-37(55)50(6)38-29-17-18-35(53)30(22-29)31-19-28(21-33(39(31)56)51(63)64)20-32(44(61)62)48-41(58)27(4)47-43(38)60/h17-19,21-22,25-27,32,34,38,51-53,56,63H,7-16,20,23-24H2,1-6H3,(H,45,57)(H,46,59)(H,47,60)(H,48,58)(H,61,62). The number of phenols is 2. The Morgan fingerprint density at radius 2 is 1.48 bits per heavy atom. The Labute approximate surface area is 372 Å². The van der Waals surface area contributed by atoms with Crippen LogP contribution in [0.5, 0.6) is 11.5 Å². The van der Waals surface area contributed by atoms with E-state index < -0.39 is 108 Å². The number of phenolic OH excluding ortho intramolecular Hbond substituents is 2. The summed E-state index contributed by atoms with van der Waals surface area (Å²) in [5, 5.41) is 71.8. The van der Waals surface area contributed by atoms with Crippen LogP contribution in [0.4, 0.5) is 5.69 Å². The molecule has 10 N–H and O–H groups in total. The number of nitrogens with one attached hydrogen (secondary N) is 5. The van der Waals surface area contributed by atoms with Crippen molar-refractivity contribution < 1.29 is 64.4 Å². The van der Waals surface area contributed by atoms with E-state index in [0.717, 1.165) is 47.6 Å². The predicted molar refractivity (Wildman–Crippen MR) is 233 cm³/mol. The second-order valence-corrected chi connectivity index (χ2v) is 16.8. The topological polar surface area (TPSA) is 303 Å². The third-order valence-corrected chi connectivity index (χ3v) is 11.3. The van der Waals surface area contributed by atoms with Crippen LogP contribution in [0.25, 0.3) is 11.1 Å². The zero-order valence-electron chi connectivity index (χ0n) is 37.4. The first-order valence-corrected chi connectivity index (χ1v) is 21.6. The number of carbonyl (C=O) groups excluding carboxylic acids is 6. The summed E-state index contributed by atoms with van der Waals surface area (Å²) in [4.78, 5) is 94.1. The number of likely N-dealkylation sites (N-methyl/N-ethyl adjacent to an activating group) is 2. The van der Waals surface area contributed by atoms with E-state index in [-0.39, 0.29) is 34.6 Å². The van der Waals surface area contributed by atoms with Gasteiger partial charge in [-0.25, -0.2) is 10.0 Å². The quantitative estimate of drug-likeness (QED) is 0.0481. The van der Waals surface area contributed by atoms with Gasteiger partial charge in [-0.2, -0.15) is 5.23 Å². The Bertz CT molecular complexity index is 1980. The van der Waals surface area contributed by atoms with Crippen LogP contribution >= 0.6 is 0 Å². The molecule has 2 aromatic carbocycles. The van der Waals surface area contributed by atoms with Crippen LogP contribution in [-0.4, -0.2) is 128 Å². The molecule has 0 saturated heterocycles. The molecule has 4 bridgehead atoms. The van der Waals surface area contributed by atoms with Crippen molar-refractivity contribution >= 4 is 47.1 Å². The molecule has 1 aliphatic heterocycles. The molecule has 0 aliphatic carbocycles. The van der Waals surface area contributed by atoms with Gasteiger partial charge in [-0.1, -0.05) is 71.3 Å². The minimum Gasteiger partial charge on any atom is -0.595 e. The number of rotatable bonds is 21. The van der Waals surface area contributed by atoms with E-state index >= 15 is 0 Å². The van der Waals surface area contributed by atoms with Gasteiger partial charge in [0.25, 0.3) is 0 Å². The number of unbranched alkanes of at least 4 members (excludes halogenated alkanes) is 7. The molecule has 20 nitrogen and oxygen atoms in total. The van der Waals surface area contributed by atoms with E-state index in [1.165, 1.54) is 71.8 Å². The van der Waals surface area contributed by atoms with Crippen LogP contribution in [0.3, 0.4) is 0 Å². The number of aliphatic hydroxyl groups excluding tert-OH is 1. The third kappa shape index (κ3) is 14.9. The van der Waals surface area contributed by atoms with Crippen LogP contribution in [0, 0.1) is 11.1 Å². The van der Waals surface area contributed by atoms with Crippen molar-refractivity contribution in [3.8, 4) is 22.6 Å². The lowest BCUT2D eigenvalue weighted by atomic mass is 9.93. The lowest BCUT2D eigenvalue weighted by Gasteiger charge is -2.30. The number of aromatic hydroxyl groups is 2. The van der Waals surface area contributed by atoms with Crippen molar-refractivity contribution in [2.75, 3.05) is 27.2 Å². The molecule has 0 saturated carbocycles. The molecule has 64 heavy (non-hydrogen) atoms. The van der Waals surface area contributed by atoms with Gasteiger partial charge in [-0.3, -0.25) is 28.8 Å². The van der Waals surface area contributed by atoms with Gasteiger partial charge in [0.15, 0.2) is 5.75 Å². The number of carboxylic acids is 1. The lowest BCUT2D eigenvalue weighted by molar-refractivity contribution is -0.991. The number of carbonyl (C=O) groups is 7. The van der Waals surface area contributed by atoms with E-state index in [2.05, 4.69) is 35.1 Å². The molecule has 0 spiro atoms. The van der Waals surface area contributed by atoms with E-state index in [1.54, 1.807) is 0 Å². The molecule has 6 amide bonds. The number of nitrogens with zero attached hydrogens (tertiary/aromatic N) is 2. The summed E-state index contributed by atoms with van der Waals surface area (Å²) < 4.78 is 0. The van der Waals surface area contributed by atoms with Crippen LogP contribution in [0.2, 0.25) is 0 Å². The fraction of sp³-hybridized carbons (Fsp3) is 0.568. The number of benzene rings is 2. The largest absolute Gasteiger partial charge is 0.595 e. The Morgan fingerprint density at radius 1 is 0.859 bits per heavy atom. The number of amides is 6. The summed E-state index contributed by atoms with van der Waals surface area (Å²) >= 11 is 0. The highest BCUT2D eigenvalue weighted by Gasteiger charge is 2.34. The highest BCUT2D eigenvalue weighted by atomic mass is 16.8. The normalized spacial score (nSPS) is 17.8.